The Morgan fingerprint density at radius 2 is 2.15 bits per heavy atom. The summed E-state index contributed by atoms with van der Waals surface area (Å²) in [4.78, 5) is 19.7. The molecule has 1 fully saturated rings. The van der Waals surface area contributed by atoms with Crippen molar-refractivity contribution in [1.29, 1.82) is 0 Å². The molecule has 1 amide bonds. The van der Waals surface area contributed by atoms with Gasteiger partial charge in [0, 0.05) is 13.1 Å². The topological polar surface area (TPSA) is 54.5 Å². The monoisotopic (exact) mass is 381 g/mol. The Bertz CT molecular complexity index is 926. The normalized spacial score (nSPS) is 17.7. The lowest BCUT2D eigenvalue weighted by molar-refractivity contribution is -0.121. The molecular weight excluding hydrogens is 358 g/mol. The van der Waals surface area contributed by atoms with E-state index in [1.165, 1.54) is 16.9 Å². The molecule has 4 rings (SSSR count). The summed E-state index contributed by atoms with van der Waals surface area (Å²) in [5.41, 5.74) is 2.17. The lowest BCUT2D eigenvalue weighted by Crippen LogP contribution is -2.40. The Kier molecular flexibility index (Phi) is 5.36. The molecule has 5 nitrogen and oxygen atoms in total. The molecule has 1 unspecified atom stereocenters. The first-order chi connectivity index (χ1) is 13.2. The van der Waals surface area contributed by atoms with Gasteiger partial charge in [0.25, 0.3) is 0 Å². The Morgan fingerprint density at radius 3 is 2.96 bits per heavy atom. The van der Waals surface area contributed by atoms with Crippen molar-refractivity contribution in [2.24, 2.45) is 5.92 Å². The van der Waals surface area contributed by atoms with Crippen molar-refractivity contribution in [2.45, 2.75) is 19.4 Å². The first kappa shape index (κ1) is 17.9. The van der Waals surface area contributed by atoms with Crippen molar-refractivity contribution < 1.29 is 9.53 Å². The van der Waals surface area contributed by atoms with E-state index in [1.807, 2.05) is 24.3 Å². The van der Waals surface area contributed by atoms with Gasteiger partial charge in [-0.3, -0.25) is 9.69 Å². The molecule has 1 atom stereocenters. The lowest BCUT2D eigenvalue weighted by Gasteiger charge is -2.31. The van der Waals surface area contributed by atoms with E-state index in [1.54, 1.807) is 7.11 Å². The Morgan fingerprint density at radius 1 is 1.30 bits per heavy atom. The highest BCUT2D eigenvalue weighted by Crippen LogP contribution is 2.30. The fourth-order valence-corrected chi connectivity index (χ4v) is 4.44. The van der Waals surface area contributed by atoms with Gasteiger partial charge >= 0.3 is 0 Å². The molecule has 1 N–H and O–H groups in total. The zero-order valence-electron chi connectivity index (χ0n) is 15.4. The Hall–Kier alpha value is -2.44. The number of piperidine rings is 1. The van der Waals surface area contributed by atoms with Gasteiger partial charge in [-0.1, -0.05) is 41.7 Å². The number of carbonyl (C=O) groups is 1. The van der Waals surface area contributed by atoms with Crippen LogP contribution in [-0.2, 0) is 11.3 Å². The van der Waals surface area contributed by atoms with Crippen LogP contribution in [0.25, 0.3) is 10.2 Å². The quantitative estimate of drug-likeness (QED) is 0.721. The summed E-state index contributed by atoms with van der Waals surface area (Å²) >= 11 is 1.49. The van der Waals surface area contributed by atoms with Crippen LogP contribution in [0.1, 0.15) is 18.4 Å². The lowest BCUT2D eigenvalue weighted by atomic mass is 9.97. The van der Waals surface area contributed by atoms with Gasteiger partial charge in [-0.25, -0.2) is 4.98 Å². The minimum atomic E-state index is 0.00371. The molecule has 6 heteroatoms. The first-order valence-corrected chi connectivity index (χ1v) is 10.0. The van der Waals surface area contributed by atoms with E-state index in [9.17, 15) is 4.79 Å². The molecule has 0 saturated carbocycles. The summed E-state index contributed by atoms with van der Waals surface area (Å²) in [6.07, 6.45) is 1.97. The molecule has 1 aliphatic rings. The molecule has 0 radical (unpaired) electrons. The van der Waals surface area contributed by atoms with Crippen LogP contribution in [0.5, 0.6) is 5.75 Å². The number of fused-ring (bicyclic) bond motifs is 1. The molecule has 0 aliphatic carbocycles. The number of nitrogens with one attached hydrogen (secondary N) is 1. The second kappa shape index (κ2) is 8.06. The van der Waals surface area contributed by atoms with E-state index in [0.717, 1.165) is 48.4 Å². The van der Waals surface area contributed by atoms with Crippen molar-refractivity contribution >= 4 is 32.6 Å². The van der Waals surface area contributed by atoms with Gasteiger partial charge in [-0.2, -0.15) is 0 Å². The smallest absolute Gasteiger partial charge is 0.230 e. The number of ether oxygens (including phenoxy) is 1. The molecular formula is C21H23N3O2S. The van der Waals surface area contributed by atoms with Crippen LogP contribution in [-0.4, -0.2) is 36.0 Å². The van der Waals surface area contributed by atoms with Crippen molar-refractivity contribution in [3.05, 3.63) is 54.1 Å². The van der Waals surface area contributed by atoms with E-state index in [2.05, 4.69) is 39.5 Å². The molecule has 0 bridgehead atoms. The summed E-state index contributed by atoms with van der Waals surface area (Å²) in [5, 5.41) is 3.68. The van der Waals surface area contributed by atoms with Gasteiger partial charge in [0.2, 0.25) is 5.91 Å². The van der Waals surface area contributed by atoms with E-state index in [0.29, 0.717) is 5.13 Å². The van der Waals surface area contributed by atoms with Crippen LogP contribution in [0.3, 0.4) is 0 Å². The maximum atomic E-state index is 12.8. The molecule has 1 aliphatic heterocycles. The van der Waals surface area contributed by atoms with Gasteiger partial charge in [0.15, 0.2) is 5.13 Å². The molecule has 3 aromatic rings. The average molecular weight is 382 g/mol. The standard InChI is InChI=1S/C21H23N3O2S/c1-26-17-9-10-18-19(12-17)27-21(22-18)23-20(25)16-8-5-11-24(14-16)13-15-6-3-2-4-7-15/h2-4,6-7,9-10,12,16H,5,8,11,13-14H2,1H3,(H,22,23,25). The van der Waals surface area contributed by atoms with Crippen molar-refractivity contribution in [3.63, 3.8) is 0 Å². The number of thiazole rings is 1. The highest BCUT2D eigenvalue weighted by molar-refractivity contribution is 7.22. The zero-order valence-corrected chi connectivity index (χ0v) is 16.2. The van der Waals surface area contributed by atoms with Crippen LogP contribution in [0, 0.1) is 5.92 Å². The summed E-state index contributed by atoms with van der Waals surface area (Å²) in [6.45, 7) is 2.73. The maximum absolute atomic E-state index is 12.8. The molecule has 1 saturated heterocycles. The van der Waals surface area contributed by atoms with Crippen molar-refractivity contribution in [3.8, 4) is 5.75 Å². The summed E-state index contributed by atoms with van der Waals surface area (Å²) in [5.74, 6) is 0.871. The molecule has 1 aromatic heterocycles. The number of hydrogen-bond acceptors (Lipinski definition) is 5. The minimum absolute atomic E-state index is 0.00371. The maximum Gasteiger partial charge on any atom is 0.230 e. The number of rotatable bonds is 5. The average Bonchev–Trinajstić information content (AvgIpc) is 3.10. The van der Waals surface area contributed by atoms with Gasteiger partial charge in [0.05, 0.1) is 23.2 Å². The summed E-state index contributed by atoms with van der Waals surface area (Å²) in [7, 11) is 1.65. The zero-order chi connectivity index (χ0) is 18.6. The summed E-state index contributed by atoms with van der Waals surface area (Å²) < 4.78 is 6.27. The third-order valence-electron chi connectivity index (χ3n) is 4.95. The predicted octanol–water partition coefficient (Wildman–Crippen LogP) is 4.16. The van der Waals surface area contributed by atoms with E-state index < -0.39 is 0 Å². The number of anilines is 1. The molecule has 140 valence electrons. The largest absolute Gasteiger partial charge is 0.497 e. The summed E-state index contributed by atoms with van der Waals surface area (Å²) in [6, 6.07) is 16.2. The molecule has 2 heterocycles. The van der Waals surface area contributed by atoms with Gasteiger partial charge in [0.1, 0.15) is 5.75 Å². The first-order valence-electron chi connectivity index (χ1n) is 9.23. The Balaban J connectivity index is 1.40. The molecule has 0 spiro atoms. The van der Waals surface area contributed by atoms with Crippen LogP contribution < -0.4 is 10.1 Å². The van der Waals surface area contributed by atoms with E-state index in [-0.39, 0.29) is 11.8 Å². The van der Waals surface area contributed by atoms with Crippen LogP contribution >= 0.6 is 11.3 Å². The Labute approximate surface area is 163 Å². The van der Waals surface area contributed by atoms with Crippen molar-refractivity contribution in [2.75, 3.05) is 25.5 Å². The predicted molar refractivity (Wildman–Crippen MR) is 109 cm³/mol. The third kappa shape index (κ3) is 4.28. The number of likely N-dealkylation sites (tertiary alicyclic amines) is 1. The van der Waals surface area contributed by atoms with Gasteiger partial charge in [-0.15, -0.1) is 0 Å². The number of carbonyl (C=O) groups excluding carboxylic acids is 1. The third-order valence-corrected chi connectivity index (χ3v) is 5.88. The van der Waals surface area contributed by atoms with E-state index >= 15 is 0 Å². The number of methoxy groups -OCH3 is 1. The number of nitrogens with zero attached hydrogens (tertiary/aromatic N) is 2. The van der Waals surface area contributed by atoms with Crippen LogP contribution in [0.15, 0.2) is 48.5 Å². The number of aromatic nitrogens is 1. The minimum Gasteiger partial charge on any atom is -0.497 e. The number of hydrogen-bond donors (Lipinski definition) is 1. The second-order valence-electron chi connectivity index (χ2n) is 6.90. The highest BCUT2D eigenvalue weighted by Gasteiger charge is 2.26. The number of benzene rings is 2. The molecule has 27 heavy (non-hydrogen) atoms. The van der Waals surface area contributed by atoms with E-state index in [4.69, 9.17) is 4.74 Å². The highest BCUT2D eigenvalue weighted by atomic mass is 32.1. The van der Waals surface area contributed by atoms with Crippen LogP contribution in [0.4, 0.5) is 5.13 Å². The van der Waals surface area contributed by atoms with Crippen molar-refractivity contribution in [1.82, 2.24) is 9.88 Å². The molecule has 2 aromatic carbocycles. The number of amides is 1. The SMILES string of the molecule is COc1ccc2nc(NC(=O)C3CCCN(Cc4ccccc4)C3)sc2c1. The fourth-order valence-electron chi connectivity index (χ4n) is 3.55. The van der Waals surface area contributed by atoms with Gasteiger partial charge in [-0.05, 0) is 43.1 Å². The fraction of sp³-hybridized carbons (Fsp3) is 0.333. The van der Waals surface area contributed by atoms with Gasteiger partial charge < -0.3 is 10.1 Å². The second-order valence-corrected chi connectivity index (χ2v) is 7.93. The van der Waals surface area contributed by atoms with Crippen LogP contribution in [0.2, 0.25) is 0 Å².